The standard InChI is InChI=1S/C16H22N4O3/c21-16(19-8-2-1-3-9-19)13-6-10-18(11-7-13)15-5-4-14(12-17-15)20(22)23/h4-5,12-13H,1-3,6-11H2. The van der Waals surface area contributed by atoms with Crippen LogP contribution < -0.4 is 4.90 Å². The highest BCUT2D eigenvalue weighted by Crippen LogP contribution is 2.25. The van der Waals surface area contributed by atoms with Gasteiger partial charge in [-0.05, 0) is 38.2 Å². The molecule has 23 heavy (non-hydrogen) atoms. The van der Waals surface area contributed by atoms with Crippen LogP contribution in [-0.4, -0.2) is 46.9 Å². The zero-order valence-corrected chi connectivity index (χ0v) is 13.2. The highest BCUT2D eigenvalue weighted by atomic mass is 16.6. The molecule has 7 nitrogen and oxygen atoms in total. The zero-order valence-electron chi connectivity index (χ0n) is 13.2. The molecule has 124 valence electrons. The minimum atomic E-state index is -0.444. The Labute approximate surface area is 135 Å². The Balaban J connectivity index is 1.55. The predicted octanol–water partition coefficient (Wildman–Crippen LogP) is 2.22. The summed E-state index contributed by atoms with van der Waals surface area (Å²) in [6.45, 7) is 3.36. The van der Waals surface area contributed by atoms with E-state index in [2.05, 4.69) is 9.88 Å². The number of carbonyl (C=O) groups is 1. The molecule has 0 saturated carbocycles. The first kappa shape index (κ1) is 15.7. The molecule has 2 saturated heterocycles. The van der Waals surface area contributed by atoms with Gasteiger partial charge in [0.1, 0.15) is 12.0 Å². The van der Waals surface area contributed by atoms with Crippen molar-refractivity contribution in [3.05, 3.63) is 28.4 Å². The molecule has 1 amide bonds. The van der Waals surface area contributed by atoms with E-state index in [1.54, 1.807) is 6.07 Å². The minimum Gasteiger partial charge on any atom is -0.357 e. The van der Waals surface area contributed by atoms with E-state index in [9.17, 15) is 14.9 Å². The van der Waals surface area contributed by atoms with Crippen LogP contribution >= 0.6 is 0 Å². The normalized spacial score (nSPS) is 19.7. The average molecular weight is 318 g/mol. The maximum atomic E-state index is 12.5. The molecule has 1 aromatic rings. The summed E-state index contributed by atoms with van der Waals surface area (Å²) in [5, 5.41) is 10.7. The first-order valence-corrected chi connectivity index (χ1v) is 8.29. The molecule has 0 radical (unpaired) electrons. The number of rotatable bonds is 3. The van der Waals surface area contributed by atoms with E-state index < -0.39 is 4.92 Å². The maximum absolute atomic E-state index is 12.5. The highest BCUT2D eigenvalue weighted by molar-refractivity contribution is 5.79. The Bertz CT molecular complexity index is 561. The molecule has 0 bridgehead atoms. The third-order valence-electron chi connectivity index (χ3n) is 4.78. The van der Waals surface area contributed by atoms with E-state index in [0.29, 0.717) is 5.91 Å². The van der Waals surface area contributed by atoms with Gasteiger partial charge in [-0.2, -0.15) is 0 Å². The van der Waals surface area contributed by atoms with Crippen LogP contribution in [0.25, 0.3) is 0 Å². The number of nitro groups is 1. The van der Waals surface area contributed by atoms with Gasteiger partial charge in [-0.3, -0.25) is 14.9 Å². The van der Waals surface area contributed by atoms with Crippen LogP contribution in [0.3, 0.4) is 0 Å². The Hall–Kier alpha value is -2.18. The lowest BCUT2D eigenvalue weighted by molar-refractivity contribution is -0.385. The van der Waals surface area contributed by atoms with Crippen molar-refractivity contribution in [2.75, 3.05) is 31.1 Å². The van der Waals surface area contributed by atoms with Gasteiger partial charge >= 0.3 is 0 Å². The monoisotopic (exact) mass is 318 g/mol. The van der Waals surface area contributed by atoms with Crippen molar-refractivity contribution in [3.63, 3.8) is 0 Å². The number of amides is 1. The summed E-state index contributed by atoms with van der Waals surface area (Å²) in [6.07, 6.45) is 6.42. The molecular weight excluding hydrogens is 296 g/mol. The van der Waals surface area contributed by atoms with Crippen molar-refractivity contribution in [2.45, 2.75) is 32.1 Å². The average Bonchev–Trinajstić information content (AvgIpc) is 2.62. The number of nitrogens with zero attached hydrogens (tertiary/aromatic N) is 4. The highest BCUT2D eigenvalue weighted by Gasteiger charge is 2.29. The molecule has 3 rings (SSSR count). The largest absolute Gasteiger partial charge is 0.357 e. The Kier molecular flexibility index (Phi) is 4.73. The van der Waals surface area contributed by atoms with E-state index in [1.807, 2.05) is 4.90 Å². The predicted molar refractivity (Wildman–Crippen MR) is 86.3 cm³/mol. The lowest BCUT2D eigenvalue weighted by Crippen LogP contribution is -2.44. The van der Waals surface area contributed by atoms with Gasteiger partial charge in [0, 0.05) is 38.2 Å². The number of likely N-dealkylation sites (tertiary alicyclic amines) is 1. The summed E-state index contributed by atoms with van der Waals surface area (Å²) in [5.74, 6) is 1.17. The molecule has 1 aromatic heterocycles. The molecule has 2 aliphatic rings. The molecule has 0 aromatic carbocycles. The van der Waals surface area contributed by atoms with Crippen molar-refractivity contribution in [1.29, 1.82) is 0 Å². The van der Waals surface area contributed by atoms with Gasteiger partial charge in [0.25, 0.3) is 5.69 Å². The first-order chi connectivity index (χ1) is 11.1. The Morgan fingerprint density at radius 1 is 1.13 bits per heavy atom. The van der Waals surface area contributed by atoms with Crippen molar-refractivity contribution >= 4 is 17.4 Å². The quantitative estimate of drug-likeness (QED) is 0.630. The van der Waals surface area contributed by atoms with Crippen molar-refractivity contribution in [1.82, 2.24) is 9.88 Å². The molecule has 3 heterocycles. The molecule has 0 aliphatic carbocycles. The fourth-order valence-corrected chi connectivity index (χ4v) is 3.40. The summed E-state index contributed by atoms with van der Waals surface area (Å²) >= 11 is 0. The topological polar surface area (TPSA) is 79.6 Å². The smallest absolute Gasteiger partial charge is 0.287 e. The Morgan fingerprint density at radius 3 is 2.39 bits per heavy atom. The van der Waals surface area contributed by atoms with Crippen molar-refractivity contribution in [2.24, 2.45) is 5.92 Å². The number of carbonyl (C=O) groups excluding carboxylic acids is 1. The number of hydrogen-bond acceptors (Lipinski definition) is 5. The lowest BCUT2D eigenvalue weighted by atomic mass is 9.94. The van der Waals surface area contributed by atoms with E-state index >= 15 is 0 Å². The van der Waals surface area contributed by atoms with E-state index in [0.717, 1.165) is 57.7 Å². The second-order valence-corrected chi connectivity index (χ2v) is 6.28. The summed E-state index contributed by atoms with van der Waals surface area (Å²) in [7, 11) is 0. The lowest BCUT2D eigenvalue weighted by Gasteiger charge is -2.36. The summed E-state index contributed by atoms with van der Waals surface area (Å²) in [6, 6.07) is 3.16. The molecule has 0 unspecified atom stereocenters. The second-order valence-electron chi connectivity index (χ2n) is 6.28. The van der Waals surface area contributed by atoms with E-state index in [-0.39, 0.29) is 11.6 Å². The molecule has 0 N–H and O–H groups in total. The van der Waals surface area contributed by atoms with Gasteiger partial charge in [-0.15, -0.1) is 0 Å². The second kappa shape index (κ2) is 6.93. The molecule has 2 aliphatic heterocycles. The van der Waals surface area contributed by atoms with Crippen molar-refractivity contribution < 1.29 is 9.72 Å². The zero-order chi connectivity index (χ0) is 16.2. The van der Waals surface area contributed by atoms with Crippen LogP contribution in [0.5, 0.6) is 0 Å². The van der Waals surface area contributed by atoms with Crippen LogP contribution in [0, 0.1) is 16.0 Å². The number of anilines is 1. The van der Waals surface area contributed by atoms with Crippen LogP contribution in [-0.2, 0) is 4.79 Å². The van der Waals surface area contributed by atoms with Crippen LogP contribution in [0.1, 0.15) is 32.1 Å². The molecule has 0 spiro atoms. The van der Waals surface area contributed by atoms with Crippen molar-refractivity contribution in [3.8, 4) is 0 Å². The fraction of sp³-hybridized carbons (Fsp3) is 0.625. The molecular formula is C16H22N4O3. The Morgan fingerprint density at radius 2 is 1.83 bits per heavy atom. The van der Waals surface area contributed by atoms with Gasteiger partial charge in [-0.25, -0.2) is 4.98 Å². The third-order valence-corrected chi connectivity index (χ3v) is 4.78. The molecule has 7 heteroatoms. The van der Waals surface area contributed by atoms with Gasteiger partial charge in [-0.1, -0.05) is 0 Å². The number of piperidine rings is 2. The first-order valence-electron chi connectivity index (χ1n) is 8.29. The van der Waals surface area contributed by atoms with E-state index in [1.165, 1.54) is 18.7 Å². The number of aromatic nitrogens is 1. The fourth-order valence-electron chi connectivity index (χ4n) is 3.40. The summed E-state index contributed by atoms with van der Waals surface area (Å²) < 4.78 is 0. The number of hydrogen-bond donors (Lipinski definition) is 0. The number of pyridine rings is 1. The van der Waals surface area contributed by atoms with Gasteiger partial charge in [0.2, 0.25) is 5.91 Å². The maximum Gasteiger partial charge on any atom is 0.287 e. The summed E-state index contributed by atoms with van der Waals surface area (Å²) in [5.41, 5.74) is 0.00362. The van der Waals surface area contributed by atoms with Crippen LogP contribution in [0.15, 0.2) is 18.3 Å². The molecule has 2 fully saturated rings. The van der Waals surface area contributed by atoms with Gasteiger partial charge in [0.15, 0.2) is 0 Å². The third kappa shape index (κ3) is 3.60. The van der Waals surface area contributed by atoms with Crippen LogP contribution in [0.2, 0.25) is 0 Å². The van der Waals surface area contributed by atoms with Crippen LogP contribution in [0.4, 0.5) is 11.5 Å². The summed E-state index contributed by atoms with van der Waals surface area (Å²) in [4.78, 5) is 31.1. The van der Waals surface area contributed by atoms with Gasteiger partial charge < -0.3 is 9.80 Å². The minimum absolute atomic E-state index is 0.00362. The molecule has 0 atom stereocenters. The SMILES string of the molecule is O=C(C1CCN(c2ccc([N+](=O)[O-])cn2)CC1)N1CCCCC1. The van der Waals surface area contributed by atoms with Gasteiger partial charge in [0.05, 0.1) is 4.92 Å². The van der Waals surface area contributed by atoms with E-state index in [4.69, 9.17) is 0 Å².